The van der Waals surface area contributed by atoms with E-state index in [4.69, 9.17) is 11.6 Å². The maximum absolute atomic E-state index is 14.8. The van der Waals surface area contributed by atoms with Crippen LogP contribution in [0.25, 0.3) is 0 Å². The number of nitrogens with zero attached hydrogens (tertiary/aromatic N) is 1. The Balaban J connectivity index is 2.92. The molecule has 1 nitrogen and oxygen atoms in total. The third kappa shape index (κ3) is 4.29. The fourth-order valence-corrected chi connectivity index (χ4v) is 4.09. The molecule has 0 aromatic carbocycles. The number of halogens is 14. The van der Waals surface area contributed by atoms with Crippen LogP contribution in [0.5, 0.6) is 0 Å². The van der Waals surface area contributed by atoms with Gasteiger partial charge in [-0.25, -0.2) is 9.37 Å². The lowest BCUT2D eigenvalue weighted by Gasteiger charge is -2.40. The fourth-order valence-electron chi connectivity index (χ4n) is 2.82. The van der Waals surface area contributed by atoms with Crippen molar-refractivity contribution in [3.63, 3.8) is 0 Å². The molecular formula is C16H7BrClF12N. The van der Waals surface area contributed by atoms with Crippen LogP contribution >= 0.6 is 27.5 Å². The maximum Gasteiger partial charge on any atom is 0.457 e. The molecule has 2 unspecified atom stereocenters. The van der Waals surface area contributed by atoms with Crippen molar-refractivity contribution < 1.29 is 52.7 Å². The summed E-state index contributed by atoms with van der Waals surface area (Å²) >= 11 is 8.31. The van der Waals surface area contributed by atoms with Crippen LogP contribution in [0.1, 0.15) is 12.0 Å². The van der Waals surface area contributed by atoms with E-state index in [9.17, 15) is 52.7 Å². The van der Waals surface area contributed by atoms with E-state index in [0.29, 0.717) is 0 Å². The highest BCUT2D eigenvalue weighted by molar-refractivity contribution is 9.09. The van der Waals surface area contributed by atoms with Crippen LogP contribution in [-0.2, 0) is 4.32 Å². The van der Waals surface area contributed by atoms with Crippen molar-refractivity contribution in [1.29, 1.82) is 0 Å². The average Bonchev–Trinajstić information content (AvgIpc) is 2.57. The van der Waals surface area contributed by atoms with Crippen molar-refractivity contribution in [3.05, 3.63) is 52.3 Å². The third-order valence-electron chi connectivity index (χ3n) is 4.31. The summed E-state index contributed by atoms with van der Waals surface area (Å²) in [5, 5.41) is -0.613. The molecule has 1 aliphatic carbocycles. The Kier molecular flexibility index (Phi) is 6.30. The highest BCUT2D eigenvalue weighted by Gasteiger charge is 2.82. The molecule has 15 heteroatoms. The number of alkyl halides is 13. The fraction of sp³-hybridized carbons (Fsp3) is 0.438. The molecule has 0 bridgehead atoms. The van der Waals surface area contributed by atoms with E-state index < -0.39 is 68.8 Å². The smallest absolute Gasteiger partial charge is 0.244 e. The van der Waals surface area contributed by atoms with E-state index in [-0.39, 0.29) is 6.08 Å². The maximum atomic E-state index is 14.8. The first-order valence-electron chi connectivity index (χ1n) is 7.69. The zero-order chi connectivity index (χ0) is 24.3. The van der Waals surface area contributed by atoms with Crippen LogP contribution in [0.4, 0.5) is 52.7 Å². The first-order valence-corrected chi connectivity index (χ1v) is 8.87. The van der Waals surface area contributed by atoms with Crippen LogP contribution in [-0.4, -0.2) is 35.1 Å². The molecule has 0 saturated heterocycles. The largest absolute Gasteiger partial charge is 0.457 e. The second-order valence-electron chi connectivity index (χ2n) is 6.38. The number of hydrogen-bond donors (Lipinski definition) is 0. The van der Waals surface area contributed by atoms with Crippen LogP contribution in [0.3, 0.4) is 0 Å². The minimum atomic E-state index is -7.14. The molecule has 174 valence electrons. The van der Waals surface area contributed by atoms with E-state index in [2.05, 4.69) is 20.9 Å². The summed E-state index contributed by atoms with van der Waals surface area (Å²) in [6, 6.07) is 1.98. The molecular weight excluding hydrogens is 550 g/mol. The van der Waals surface area contributed by atoms with Gasteiger partial charge in [0.25, 0.3) is 0 Å². The Morgan fingerprint density at radius 2 is 1.45 bits per heavy atom. The van der Waals surface area contributed by atoms with E-state index in [1.807, 2.05) is 0 Å². The highest BCUT2D eigenvalue weighted by Crippen LogP contribution is 2.59. The zero-order valence-corrected chi connectivity index (χ0v) is 16.7. The lowest BCUT2D eigenvalue weighted by Crippen LogP contribution is -2.63. The van der Waals surface area contributed by atoms with E-state index >= 15 is 0 Å². The molecule has 1 aromatic rings. The molecule has 1 aliphatic rings. The van der Waals surface area contributed by atoms with Crippen molar-refractivity contribution in [3.8, 4) is 0 Å². The summed E-state index contributed by atoms with van der Waals surface area (Å²) < 4.78 is 158. The summed E-state index contributed by atoms with van der Waals surface area (Å²) in [6.07, 6.45) is -20.7. The monoisotopic (exact) mass is 555 g/mol. The topological polar surface area (TPSA) is 12.9 Å². The second kappa shape index (κ2) is 7.56. The molecule has 0 N–H and O–H groups in total. The number of rotatable bonds is 3. The van der Waals surface area contributed by atoms with Crippen LogP contribution in [0.15, 0.2) is 41.6 Å². The minimum Gasteiger partial charge on any atom is -0.244 e. The van der Waals surface area contributed by atoms with Crippen LogP contribution < -0.4 is 0 Å². The molecule has 0 spiro atoms. The normalized spacial score (nSPS) is 23.2. The van der Waals surface area contributed by atoms with Crippen molar-refractivity contribution >= 4 is 27.5 Å². The first kappa shape index (κ1) is 25.8. The van der Waals surface area contributed by atoms with Crippen molar-refractivity contribution in [2.24, 2.45) is 0 Å². The van der Waals surface area contributed by atoms with E-state index in [1.165, 1.54) is 0 Å². The van der Waals surface area contributed by atoms with Gasteiger partial charge in [0.05, 0.1) is 4.32 Å². The predicted molar refractivity (Wildman–Crippen MR) is 87.6 cm³/mol. The summed E-state index contributed by atoms with van der Waals surface area (Å²) in [5.41, 5.74) is -11.7. The lowest BCUT2D eigenvalue weighted by atomic mass is 9.77. The molecule has 0 fully saturated rings. The van der Waals surface area contributed by atoms with Crippen molar-refractivity contribution in [2.45, 2.75) is 40.9 Å². The molecule has 0 amide bonds. The Labute approximate surface area is 178 Å². The molecule has 0 radical (unpaired) electrons. The van der Waals surface area contributed by atoms with Crippen molar-refractivity contribution in [1.82, 2.24) is 4.98 Å². The predicted octanol–water partition coefficient (Wildman–Crippen LogP) is 7.61. The molecule has 0 aliphatic heterocycles. The quantitative estimate of drug-likeness (QED) is 0.212. The van der Waals surface area contributed by atoms with Gasteiger partial charge in [0, 0.05) is 29.3 Å². The zero-order valence-electron chi connectivity index (χ0n) is 14.3. The highest BCUT2D eigenvalue weighted by atomic mass is 79.9. The molecule has 31 heavy (non-hydrogen) atoms. The van der Waals surface area contributed by atoms with Gasteiger partial charge in [0.1, 0.15) is 5.15 Å². The summed E-state index contributed by atoms with van der Waals surface area (Å²) in [5.74, 6) is -7.14. The van der Waals surface area contributed by atoms with Crippen LogP contribution in [0, 0.1) is 0 Å². The number of pyridine rings is 1. The van der Waals surface area contributed by atoms with E-state index in [1.54, 1.807) is 0 Å². The molecule has 1 heterocycles. The Bertz CT molecular complexity index is 916. The van der Waals surface area contributed by atoms with Gasteiger partial charge in [-0.05, 0) is 12.1 Å². The van der Waals surface area contributed by atoms with Gasteiger partial charge in [0.2, 0.25) is 0 Å². The Morgan fingerprint density at radius 3 is 1.87 bits per heavy atom. The summed E-state index contributed by atoms with van der Waals surface area (Å²) in [6.45, 7) is 0. The minimum absolute atomic E-state index is 0.141. The van der Waals surface area contributed by atoms with Gasteiger partial charge < -0.3 is 0 Å². The molecule has 0 saturated carbocycles. The van der Waals surface area contributed by atoms with Crippen LogP contribution in [0.2, 0.25) is 5.15 Å². The SMILES string of the molecule is FC(F)(F)C1=CC(C(F)(C(F)(F)F)C(F)(F)C(F)(F)F)=CC(Br)(c2cccnc2Cl)C1. The van der Waals surface area contributed by atoms with E-state index in [0.717, 1.165) is 18.3 Å². The van der Waals surface area contributed by atoms with Gasteiger partial charge in [-0.1, -0.05) is 39.7 Å². The van der Waals surface area contributed by atoms with Gasteiger partial charge >= 0.3 is 30.1 Å². The Hall–Kier alpha value is -1.44. The van der Waals surface area contributed by atoms with Gasteiger partial charge in [-0.2, -0.15) is 48.3 Å². The lowest BCUT2D eigenvalue weighted by molar-refractivity contribution is -0.371. The van der Waals surface area contributed by atoms with Gasteiger partial charge in [-0.15, -0.1) is 0 Å². The molecule has 1 aromatic heterocycles. The molecule has 2 rings (SSSR count). The number of aromatic nitrogens is 1. The summed E-state index contributed by atoms with van der Waals surface area (Å²) in [7, 11) is 0. The number of hydrogen-bond acceptors (Lipinski definition) is 1. The average molecular weight is 557 g/mol. The molecule has 2 atom stereocenters. The number of allylic oxidation sites excluding steroid dienone is 4. The van der Waals surface area contributed by atoms with Gasteiger partial charge in [0.15, 0.2) is 0 Å². The second-order valence-corrected chi connectivity index (χ2v) is 8.15. The first-order chi connectivity index (χ1) is 13.7. The standard InChI is InChI=1S/C16H7BrClF12N/c17-11(9-2-1-3-31-10(9)18)5-7(4-8(6-11)13(20,21)22)12(19,15(25,26)27)14(23,24)16(28,29)30/h1-5H,6H2. The van der Waals surface area contributed by atoms with Crippen molar-refractivity contribution in [2.75, 3.05) is 0 Å². The Morgan fingerprint density at radius 1 is 0.903 bits per heavy atom. The third-order valence-corrected chi connectivity index (χ3v) is 5.55. The van der Waals surface area contributed by atoms with Gasteiger partial charge in [-0.3, -0.25) is 0 Å². The summed E-state index contributed by atoms with van der Waals surface area (Å²) in [4.78, 5) is 3.47.